The standard InChI is InChI=1S/C19H23N3O2/c1-14(22-9-11-24-12-10-22)16-3-5-17(6-4-16)18-7-8-19(20-13-18)21-15(2)23/h3-8,13-14H,9-12H2,1-2H3,(H,20,21,23)/t14-/m0/s1. The van der Waals surface area contributed by atoms with Gasteiger partial charge in [-0.1, -0.05) is 24.3 Å². The molecule has 0 saturated carbocycles. The number of morpholine rings is 1. The van der Waals surface area contributed by atoms with Crippen LogP contribution in [0.2, 0.25) is 0 Å². The third-order valence-corrected chi connectivity index (χ3v) is 4.39. The molecule has 1 aliphatic heterocycles. The van der Waals surface area contributed by atoms with Gasteiger partial charge < -0.3 is 10.1 Å². The molecule has 0 aliphatic carbocycles. The third kappa shape index (κ3) is 3.99. The van der Waals surface area contributed by atoms with Crippen LogP contribution in [-0.2, 0) is 9.53 Å². The smallest absolute Gasteiger partial charge is 0.222 e. The molecule has 1 saturated heterocycles. The van der Waals surface area contributed by atoms with Crippen LogP contribution in [-0.4, -0.2) is 42.1 Å². The first kappa shape index (κ1) is 16.6. The van der Waals surface area contributed by atoms with Gasteiger partial charge in [-0.15, -0.1) is 0 Å². The number of nitrogens with one attached hydrogen (secondary N) is 1. The molecule has 1 atom stereocenters. The van der Waals surface area contributed by atoms with Gasteiger partial charge in [-0.05, 0) is 30.2 Å². The van der Waals surface area contributed by atoms with Crippen LogP contribution >= 0.6 is 0 Å². The fourth-order valence-corrected chi connectivity index (χ4v) is 2.95. The highest BCUT2D eigenvalue weighted by Gasteiger charge is 2.18. The van der Waals surface area contributed by atoms with Gasteiger partial charge in [0.1, 0.15) is 5.82 Å². The van der Waals surface area contributed by atoms with Gasteiger partial charge >= 0.3 is 0 Å². The van der Waals surface area contributed by atoms with Gasteiger partial charge in [0.05, 0.1) is 13.2 Å². The van der Waals surface area contributed by atoms with Gasteiger partial charge in [0, 0.05) is 37.8 Å². The second-order valence-electron chi connectivity index (χ2n) is 6.06. The SMILES string of the molecule is CC(=O)Nc1ccc(-c2ccc([C@H](C)N3CCOCC3)cc2)cn1. The summed E-state index contributed by atoms with van der Waals surface area (Å²) < 4.78 is 5.42. The Kier molecular flexibility index (Phi) is 5.23. The Morgan fingerprint density at radius 1 is 1.12 bits per heavy atom. The first-order valence-electron chi connectivity index (χ1n) is 8.29. The number of nitrogens with zero attached hydrogens (tertiary/aromatic N) is 2. The van der Waals surface area contributed by atoms with Crippen molar-refractivity contribution in [2.75, 3.05) is 31.6 Å². The van der Waals surface area contributed by atoms with Crippen molar-refractivity contribution >= 4 is 11.7 Å². The van der Waals surface area contributed by atoms with E-state index in [-0.39, 0.29) is 5.91 Å². The van der Waals surface area contributed by atoms with E-state index in [9.17, 15) is 4.79 Å². The molecule has 1 fully saturated rings. The van der Waals surface area contributed by atoms with E-state index in [1.807, 2.05) is 12.1 Å². The number of aromatic nitrogens is 1. The lowest BCUT2D eigenvalue weighted by Crippen LogP contribution is -2.37. The summed E-state index contributed by atoms with van der Waals surface area (Å²) >= 11 is 0. The monoisotopic (exact) mass is 325 g/mol. The Bertz CT molecular complexity index is 677. The maximum atomic E-state index is 11.0. The molecule has 1 aromatic heterocycles. The van der Waals surface area contributed by atoms with Crippen LogP contribution in [0.5, 0.6) is 0 Å². The second kappa shape index (κ2) is 7.55. The van der Waals surface area contributed by atoms with Crippen LogP contribution in [0.25, 0.3) is 11.1 Å². The number of benzene rings is 1. The number of hydrogen-bond donors (Lipinski definition) is 1. The second-order valence-corrected chi connectivity index (χ2v) is 6.06. The largest absolute Gasteiger partial charge is 0.379 e. The first-order valence-corrected chi connectivity index (χ1v) is 8.29. The summed E-state index contributed by atoms with van der Waals surface area (Å²) in [6.07, 6.45) is 1.78. The highest BCUT2D eigenvalue weighted by Crippen LogP contribution is 2.25. The van der Waals surface area contributed by atoms with Gasteiger partial charge in [-0.25, -0.2) is 4.98 Å². The molecule has 0 spiro atoms. The molecular weight excluding hydrogens is 302 g/mol. The maximum Gasteiger partial charge on any atom is 0.222 e. The number of carbonyl (C=O) groups excluding carboxylic acids is 1. The number of carbonyl (C=O) groups is 1. The van der Waals surface area contributed by atoms with Crippen molar-refractivity contribution in [3.05, 3.63) is 48.2 Å². The predicted molar refractivity (Wildman–Crippen MR) is 94.8 cm³/mol. The summed E-state index contributed by atoms with van der Waals surface area (Å²) in [4.78, 5) is 17.8. The van der Waals surface area contributed by atoms with E-state index in [0.29, 0.717) is 11.9 Å². The molecule has 5 heteroatoms. The van der Waals surface area contributed by atoms with Crippen molar-refractivity contribution in [3.63, 3.8) is 0 Å². The van der Waals surface area contributed by atoms with Gasteiger partial charge in [-0.2, -0.15) is 0 Å². The number of rotatable bonds is 4. The number of pyridine rings is 1. The summed E-state index contributed by atoms with van der Waals surface area (Å²) in [7, 11) is 0. The quantitative estimate of drug-likeness (QED) is 0.938. The summed E-state index contributed by atoms with van der Waals surface area (Å²) in [5.74, 6) is 0.459. The zero-order chi connectivity index (χ0) is 16.9. The molecule has 1 aromatic carbocycles. The summed E-state index contributed by atoms with van der Waals surface area (Å²) in [6, 6.07) is 12.8. The average Bonchev–Trinajstić information content (AvgIpc) is 2.62. The molecular formula is C19H23N3O2. The number of anilines is 1. The Hall–Kier alpha value is -2.24. The Morgan fingerprint density at radius 3 is 2.38 bits per heavy atom. The molecule has 0 radical (unpaired) electrons. The average molecular weight is 325 g/mol. The van der Waals surface area contributed by atoms with E-state index in [2.05, 4.69) is 46.4 Å². The van der Waals surface area contributed by atoms with Crippen molar-refractivity contribution in [1.82, 2.24) is 9.88 Å². The van der Waals surface area contributed by atoms with Crippen molar-refractivity contribution in [2.24, 2.45) is 0 Å². The molecule has 24 heavy (non-hydrogen) atoms. The van der Waals surface area contributed by atoms with Gasteiger partial charge in [0.15, 0.2) is 0 Å². The number of amides is 1. The van der Waals surface area contributed by atoms with Crippen LogP contribution in [0.15, 0.2) is 42.6 Å². The van der Waals surface area contributed by atoms with Crippen molar-refractivity contribution in [3.8, 4) is 11.1 Å². The van der Waals surface area contributed by atoms with Crippen molar-refractivity contribution in [2.45, 2.75) is 19.9 Å². The zero-order valence-corrected chi connectivity index (χ0v) is 14.2. The van der Waals surface area contributed by atoms with Crippen molar-refractivity contribution < 1.29 is 9.53 Å². The zero-order valence-electron chi connectivity index (χ0n) is 14.2. The molecule has 3 rings (SSSR count). The van der Waals surface area contributed by atoms with Crippen molar-refractivity contribution in [1.29, 1.82) is 0 Å². The number of ether oxygens (including phenoxy) is 1. The van der Waals surface area contributed by atoms with Crippen LogP contribution in [0, 0.1) is 0 Å². The van der Waals surface area contributed by atoms with E-state index in [0.717, 1.165) is 37.4 Å². The third-order valence-electron chi connectivity index (χ3n) is 4.39. The number of hydrogen-bond acceptors (Lipinski definition) is 4. The van der Waals surface area contributed by atoms with E-state index in [1.54, 1.807) is 6.20 Å². The summed E-state index contributed by atoms with van der Waals surface area (Å²) in [5, 5.41) is 2.68. The van der Waals surface area contributed by atoms with E-state index in [1.165, 1.54) is 12.5 Å². The predicted octanol–water partition coefficient (Wildman–Crippen LogP) is 3.10. The molecule has 1 N–H and O–H groups in total. The first-order chi connectivity index (χ1) is 11.6. The molecule has 1 aliphatic rings. The fourth-order valence-electron chi connectivity index (χ4n) is 2.95. The highest BCUT2D eigenvalue weighted by molar-refractivity contribution is 5.87. The minimum absolute atomic E-state index is 0.114. The van der Waals surface area contributed by atoms with Crippen LogP contribution < -0.4 is 5.32 Å². The Balaban J connectivity index is 1.70. The molecule has 0 unspecified atom stereocenters. The summed E-state index contributed by atoms with van der Waals surface area (Å²) in [5.41, 5.74) is 3.47. The summed E-state index contributed by atoms with van der Waals surface area (Å²) in [6.45, 7) is 7.31. The minimum Gasteiger partial charge on any atom is -0.379 e. The Morgan fingerprint density at radius 2 is 1.79 bits per heavy atom. The van der Waals surface area contributed by atoms with Gasteiger partial charge in [0.2, 0.25) is 5.91 Å². The lowest BCUT2D eigenvalue weighted by molar-refractivity contribution is -0.114. The van der Waals surface area contributed by atoms with Crippen LogP contribution in [0.1, 0.15) is 25.5 Å². The molecule has 126 valence electrons. The fraction of sp³-hybridized carbons (Fsp3) is 0.368. The highest BCUT2D eigenvalue weighted by atomic mass is 16.5. The molecule has 2 heterocycles. The maximum absolute atomic E-state index is 11.0. The van der Waals surface area contributed by atoms with Gasteiger partial charge in [0.25, 0.3) is 0 Å². The molecule has 1 amide bonds. The molecule has 5 nitrogen and oxygen atoms in total. The molecule has 2 aromatic rings. The lowest BCUT2D eigenvalue weighted by Gasteiger charge is -2.32. The Labute approximate surface area is 142 Å². The van der Waals surface area contributed by atoms with Gasteiger partial charge in [-0.3, -0.25) is 9.69 Å². The normalized spacial score (nSPS) is 16.6. The van der Waals surface area contributed by atoms with E-state index >= 15 is 0 Å². The topological polar surface area (TPSA) is 54.5 Å². The van der Waals surface area contributed by atoms with Crippen LogP contribution in [0.3, 0.4) is 0 Å². The van der Waals surface area contributed by atoms with E-state index < -0.39 is 0 Å². The van der Waals surface area contributed by atoms with E-state index in [4.69, 9.17) is 4.74 Å². The lowest BCUT2D eigenvalue weighted by atomic mass is 10.0. The van der Waals surface area contributed by atoms with Crippen LogP contribution in [0.4, 0.5) is 5.82 Å². The minimum atomic E-state index is -0.114. The molecule has 0 bridgehead atoms.